The molecule has 3 rings (SSSR count). The van der Waals surface area contributed by atoms with Crippen molar-refractivity contribution in [3.8, 4) is 11.5 Å². The summed E-state index contributed by atoms with van der Waals surface area (Å²) in [6.07, 6.45) is 4.88. The Morgan fingerprint density at radius 3 is 2.75 bits per heavy atom. The number of likely N-dealkylation sites (tertiary alicyclic amines) is 1. The summed E-state index contributed by atoms with van der Waals surface area (Å²) >= 11 is 0. The maximum Gasteiger partial charge on any atom is 0.306 e. The molecule has 0 spiro atoms. The molecule has 2 heterocycles. The fourth-order valence-corrected chi connectivity index (χ4v) is 3.06. The average molecular weight is 326 g/mol. The van der Waals surface area contributed by atoms with Gasteiger partial charge in [-0.15, -0.1) is 0 Å². The quantitative estimate of drug-likeness (QED) is 0.911. The average Bonchev–Trinajstić information content (AvgIpc) is 2.59. The van der Waals surface area contributed by atoms with Crippen LogP contribution in [0, 0.1) is 12.8 Å². The van der Waals surface area contributed by atoms with Gasteiger partial charge in [0.05, 0.1) is 12.1 Å². The summed E-state index contributed by atoms with van der Waals surface area (Å²) in [4.78, 5) is 17.4. The summed E-state index contributed by atoms with van der Waals surface area (Å²) in [5.74, 6) is 0.709. The van der Waals surface area contributed by atoms with E-state index in [0.717, 1.165) is 49.5 Å². The van der Waals surface area contributed by atoms with Crippen LogP contribution >= 0.6 is 0 Å². The smallest absolute Gasteiger partial charge is 0.306 e. The van der Waals surface area contributed by atoms with Crippen LogP contribution < -0.4 is 4.74 Å². The molecule has 126 valence electrons. The second-order valence-electron chi connectivity index (χ2n) is 6.28. The van der Waals surface area contributed by atoms with Crippen LogP contribution in [0.2, 0.25) is 0 Å². The minimum Gasteiger partial charge on any atom is -0.481 e. The van der Waals surface area contributed by atoms with Gasteiger partial charge in [-0.3, -0.25) is 14.7 Å². The Bertz CT molecular complexity index is 695. The first kappa shape index (κ1) is 16.5. The zero-order valence-corrected chi connectivity index (χ0v) is 13.8. The number of benzene rings is 1. The Morgan fingerprint density at radius 1 is 1.33 bits per heavy atom. The van der Waals surface area contributed by atoms with Crippen molar-refractivity contribution in [2.24, 2.45) is 5.92 Å². The number of carboxylic acid groups (broad SMARTS) is 1. The number of rotatable bonds is 5. The summed E-state index contributed by atoms with van der Waals surface area (Å²) < 4.78 is 5.85. The molecule has 0 amide bonds. The van der Waals surface area contributed by atoms with Gasteiger partial charge >= 0.3 is 5.97 Å². The molecule has 0 aliphatic carbocycles. The SMILES string of the molecule is Cc1cc(CN2CCC(C(=O)O)CC2)ccc1Oc1cccnc1. The molecule has 0 atom stereocenters. The van der Waals surface area contributed by atoms with Gasteiger partial charge in [0.15, 0.2) is 0 Å². The number of ether oxygens (including phenoxy) is 1. The summed E-state index contributed by atoms with van der Waals surface area (Å²) in [5, 5.41) is 9.07. The minimum absolute atomic E-state index is 0.182. The van der Waals surface area contributed by atoms with Gasteiger partial charge in [-0.25, -0.2) is 0 Å². The van der Waals surface area contributed by atoms with Crippen LogP contribution in [-0.4, -0.2) is 34.0 Å². The largest absolute Gasteiger partial charge is 0.481 e. The molecule has 1 aromatic carbocycles. The van der Waals surface area contributed by atoms with Crippen molar-refractivity contribution in [2.75, 3.05) is 13.1 Å². The van der Waals surface area contributed by atoms with E-state index in [-0.39, 0.29) is 5.92 Å². The topological polar surface area (TPSA) is 62.7 Å². The van der Waals surface area contributed by atoms with Crippen molar-refractivity contribution < 1.29 is 14.6 Å². The van der Waals surface area contributed by atoms with E-state index in [1.165, 1.54) is 5.56 Å². The van der Waals surface area contributed by atoms with Gasteiger partial charge in [0, 0.05) is 12.7 Å². The third-order valence-electron chi connectivity index (χ3n) is 4.44. The number of hydrogen-bond donors (Lipinski definition) is 1. The molecule has 2 aromatic rings. The van der Waals surface area contributed by atoms with Crippen LogP contribution in [0.5, 0.6) is 11.5 Å². The predicted octanol–water partition coefficient (Wildman–Crippen LogP) is 3.48. The molecule has 24 heavy (non-hydrogen) atoms. The lowest BCUT2D eigenvalue weighted by Crippen LogP contribution is -2.35. The standard InChI is InChI=1S/C19H22N2O3/c1-14-11-15(13-21-9-6-16(7-10-21)19(22)23)4-5-18(14)24-17-3-2-8-20-12-17/h2-5,8,11-12,16H,6-7,9-10,13H2,1H3,(H,22,23). The van der Waals surface area contributed by atoms with Crippen LogP contribution in [-0.2, 0) is 11.3 Å². The highest BCUT2D eigenvalue weighted by Gasteiger charge is 2.24. The Labute approximate surface area is 141 Å². The van der Waals surface area contributed by atoms with E-state index in [9.17, 15) is 4.79 Å². The first-order valence-corrected chi connectivity index (χ1v) is 8.24. The molecule has 0 saturated carbocycles. The Balaban J connectivity index is 1.60. The number of aryl methyl sites for hydroxylation is 1. The lowest BCUT2D eigenvalue weighted by atomic mass is 9.96. The Morgan fingerprint density at radius 2 is 2.12 bits per heavy atom. The monoisotopic (exact) mass is 326 g/mol. The van der Waals surface area contributed by atoms with Crippen LogP contribution in [0.25, 0.3) is 0 Å². The third-order valence-corrected chi connectivity index (χ3v) is 4.44. The molecule has 0 bridgehead atoms. The van der Waals surface area contributed by atoms with E-state index in [1.807, 2.05) is 25.1 Å². The summed E-state index contributed by atoms with van der Waals surface area (Å²) in [6.45, 7) is 4.56. The van der Waals surface area contributed by atoms with Crippen molar-refractivity contribution in [1.82, 2.24) is 9.88 Å². The van der Waals surface area contributed by atoms with Crippen LogP contribution in [0.15, 0.2) is 42.7 Å². The maximum atomic E-state index is 11.0. The van der Waals surface area contributed by atoms with Crippen molar-refractivity contribution in [1.29, 1.82) is 0 Å². The summed E-state index contributed by atoms with van der Waals surface area (Å²) in [6, 6.07) is 9.92. The number of aromatic nitrogens is 1. The van der Waals surface area contributed by atoms with E-state index in [2.05, 4.69) is 22.0 Å². The highest BCUT2D eigenvalue weighted by Crippen LogP contribution is 2.26. The number of carbonyl (C=O) groups is 1. The Kier molecular flexibility index (Phi) is 5.11. The van der Waals surface area contributed by atoms with Crippen molar-refractivity contribution in [3.63, 3.8) is 0 Å². The van der Waals surface area contributed by atoms with Gasteiger partial charge in [-0.1, -0.05) is 12.1 Å². The molecule has 1 aliphatic heterocycles. The zero-order chi connectivity index (χ0) is 16.9. The minimum atomic E-state index is -0.664. The van der Waals surface area contributed by atoms with Crippen molar-refractivity contribution >= 4 is 5.97 Å². The van der Waals surface area contributed by atoms with E-state index in [0.29, 0.717) is 0 Å². The van der Waals surface area contributed by atoms with Gasteiger partial charge in [-0.2, -0.15) is 0 Å². The summed E-state index contributed by atoms with van der Waals surface area (Å²) in [7, 11) is 0. The second kappa shape index (κ2) is 7.45. The van der Waals surface area contributed by atoms with Gasteiger partial charge in [-0.05, 0) is 62.2 Å². The lowest BCUT2D eigenvalue weighted by molar-refractivity contribution is -0.143. The van der Waals surface area contributed by atoms with Crippen molar-refractivity contribution in [3.05, 3.63) is 53.9 Å². The number of pyridine rings is 1. The van der Waals surface area contributed by atoms with Gasteiger partial charge in [0.1, 0.15) is 11.5 Å². The molecule has 0 radical (unpaired) electrons. The fourth-order valence-electron chi connectivity index (χ4n) is 3.06. The number of carboxylic acids is 1. The normalized spacial score (nSPS) is 16.0. The molecule has 5 heteroatoms. The number of hydrogen-bond acceptors (Lipinski definition) is 4. The molecule has 1 aromatic heterocycles. The van der Waals surface area contributed by atoms with E-state index in [1.54, 1.807) is 12.4 Å². The maximum absolute atomic E-state index is 11.0. The van der Waals surface area contributed by atoms with Gasteiger partial charge in [0.25, 0.3) is 0 Å². The van der Waals surface area contributed by atoms with Crippen LogP contribution in [0.3, 0.4) is 0 Å². The van der Waals surface area contributed by atoms with Gasteiger partial charge < -0.3 is 9.84 Å². The first-order valence-electron chi connectivity index (χ1n) is 8.24. The second-order valence-corrected chi connectivity index (χ2v) is 6.28. The Hall–Kier alpha value is -2.40. The molecule has 1 fully saturated rings. The highest BCUT2D eigenvalue weighted by molar-refractivity contribution is 5.70. The number of piperidine rings is 1. The lowest BCUT2D eigenvalue weighted by Gasteiger charge is -2.30. The molecule has 0 unspecified atom stereocenters. The fraction of sp³-hybridized carbons (Fsp3) is 0.368. The summed E-state index contributed by atoms with van der Waals surface area (Å²) in [5.41, 5.74) is 2.30. The zero-order valence-electron chi connectivity index (χ0n) is 13.8. The molecule has 5 nitrogen and oxygen atoms in total. The molecule has 1 aliphatic rings. The van der Waals surface area contributed by atoms with Gasteiger partial charge in [0.2, 0.25) is 0 Å². The van der Waals surface area contributed by atoms with Crippen molar-refractivity contribution in [2.45, 2.75) is 26.3 Å². The van der Waals surface area contributed by atoms with Crippen LogP contribution in [0.1, 0.15) is 24.0 Å². The van der Waals surface area contributed by atoms with E-state index >= 15 is 0 Å². The molecular weight excluding hydrogens is 304 g/mol. The molecule has 1 saturated heterocycles. The molecular formula is C19H22N2O3. The third kappa shape index (κ3) is 4.11. The first-order chi connectivity index (χ1) is 11.6. The highest BCUT2D eigenvalue weighted by atomic mass is 16.5. The number of aliphatic carboxylic acids is 1. The van der Waals surface area contributed by atoms with E-state index in [4.69, 9.17) is 9.84 Å². The van der Waals surface area contributed by atoms with E-state index < -0.39 is 5.97 Å². The number of nitrogens with zero attached hydrogens (tertiary/aromatic N) is 2. The predicted molar refractivity (Wildman–Crippen MR) is 91.1 cm³/mol. The molecule has 1 N–H and O–H groups in total. The van der Waals surface area contributed by atoms with Crippen LogP contribution in [0.4, 0.5) is 0 Å².